The van der Waals surface area contributed by atoms with Crippen molar-refractivity contribution in [2.45, 2.75) is 19.8 Å². The van der Waals surface area contributed by atoms with Crippen LogP contribution in [0.25, 0.3) is 0 Å². The fourth-order valence-electron chi connectivity index (χ4n) is 1.40. The van der Waals surface area contributed by atoms with E-state index in [4.69, 9.17) is 0 Å². The maximum absolute atomic E-state index is 11.7. The van der Waals surface area contributed by atoms with Gasteiger partial charge in [-0.15, -0.1) is 0 Å². The van der Waals surface area contributed by atoms with Gasteiger partial charge in [0.1, 0.15) is 0 Å². The Labute approximate surface area is 95.2 Å². The van der Waals surface area contributed by atoms with Gasteiger partial charge >= 0.3 is 0 Å². The quantitative estimate of drug-likeness (QED) is 0.566. The summed E-state index contributed by atoms with van der Waals surface area (Å²) in [5.74, 6) is 1.46. The van der Waals surface area contributed by atoms with E-state index in [1.165, 1.54) is 5.56 Å². The second-order valence-corrected chi connectivity index (χ2v) is 6.59. The van der Waals surface area contributed by atoms with E-state index in [-0.39, 0.29) is 16.7 Å². The van der Waals surface area contributed by atoms with Crippen molar-refractivity contribution < 1.29 is 4.79 Å². The molecule has 0 aromatic heterocycles. The summed E-state index contributed by atoms with van der Waals surface area (Å²) < 4.78 is 0. The van der Waals surface area contributed by atoms with Crippen molar-refractivity contribution in [3.05, 3.63) is 35.4 Å². The Bertz CT molecular complexity index is 325. The van der Waals surface area contributed by atoms with Crippen molar-refractivity contribution >= 4 is 16.7 Å². The summed E-state index contributed by atoms with van der Waals surface area (Å²) in [6.45, 7) is 4.32. The summed E-state index contributed by atoms with van der Waals surface area (Å²) in [6.07, 6.45) is 4.20. The van der Waals surface area contributed by atoms with Gasteiger partial charge in [0, 0.05) is 5.56 Å². The van der Waals surface area contributed by atoms with Gasteiger partial charge in [-0.1, -0.05) is 38.1 Å². The van der Waals surface area contributed by atoms with Crippen LogP contribution in [0.3, 0.4) is 0 Å². The molecule has 0 aliphatic carbocycles. The number of benzene rings is 1. The molecular formula is C13H19OS+. The van der Waals surface area contributed by atoms with Crippen LogP contribution in [0.15, 0.2) is 24.3 Å². The lowest BCUT2D eigenvalue weighted by Crippen LogP contribution is -2.13. The number of rotatable bonds is 4. The van der Waals surface area contributed by atoms with Gasteiger partial charge in [0.25, 0.3) is 0 Å². The minimum Gasteiger partial charge on any atom is -0.289 e. The van der Waals surface area contributed by atoms with Crippen LogP contribution in [0.2, 0.25) is 0 Å². The SMILES string of the molecule is CC(C)c1ccc(C(=O)C[S+](C)C)cc1. The summed E-state index contributed by atoms with van der Waals surface area (Å²) in [6, 6.07) is 8.01. The van der Waals surface area contributed by atoms with Crippen LogP contribution in [0.5, 0.6) is 0 Å². The van der Waals surface area contributed by atoms with Crippen molar-refractivity contribution in [3.63, 3.8) is 0 Å². The molecule has 0 saturated carbocycles. The maximum Gasteiger partial charge on any atom is 0.211 e. The third-order valence-electron chi connectivity index (χ3n) is 2.32. The molecule has 0 bridgehead atoms. The van der Waals surface area contributed by atoms with E-state index >= 15 is 0 Å². The van der Waals surface area contributed by atoms with Crippen LogP contribution in [0, 0.1) is 0 Å². The van der Waals surface area contributed by atoms with Crippen molar-refractivity contribution in [2.75, 3.05) is 18.3 Å². The molecule has 2 heteroatoms. The van der Waals surface area contributed by atoms with Gasteiger partial charge < -0.3 is 0 Å². The Morgan fingerprint density at radius 3 is 2.13 bits per heavy atom. The van der Waals surface area contributed by atoms with Gasteiger partial charge in [0.2, 0.25) is 5.78 Å². The molecule has 82 valence electrons. The Balaban J connectivity index is 2.75. The average Bonchev–Trinajstić information content (AvgIpc) is 2.17. The van der Waals surface area contributed by atoms with Crippen molar-refractivity contribution in [1.29, 1.82) is 0 Å². The molecule has 1 nitrogen and oxygen atoms in total. The number of Topliss-reactive ketones (excluding diaryl/α,β-unsaturated/α-hetero) is 1. The molecule has 0 aliphatic heterocycles. The molecule has 1 aromatic rings. The Hall–Kier alpha value is -0.760. The standard InChI is InChI=1S/C13H19OS/c1-10(2)11-5-7-12(8-6-11)13(14)9-15(3)4/h5-8,10H,9H2,1-4H3/q+1. The van der Waals surface area contributed by atoms with Crippen LogP contribution < -0.4 is 0 Å². The topological polar surface area (TPSA) is 17.1 Å². The van der Waals surface area contributed by atoms with Crippen molar-refractivity contribution in [3.8, 4) is 0 Å². The largest absolute Gasteiger partial charge is 0.289 e. The van der Waals surface area contributed by atoms with Gasteiger partial charge in [-0.05, 0) is 22.4 Å². The zero-order valence-electron chi connectivity index (χ0n) is 9.91. The van der Waals surface area contributed by atoms with E-state index in [0.29, 0.717) is 11.7 Å². The van der Waals surface area contributed by atoms with Crippen LogP contribution in [0.4, 0.5) is 0 Å². The fourth-order valence-corrected chi connectivity index (χ4v) is 2.09. The van der Waals surface area contributed by atoms with Crippen LogP contribution in [0.1, 0.15) is 35.7 Å². The highest BCUT2D eigenvalue weighted by molar-refractivity contribution is 7.96. The Kier molecular flexibility index (Phi) is 4.40. The monoisotopic (exact) mass is 223 g/mol. The third kappa shape index (κ3) is 3.71. The first-order valence-corrected chi connectivity index (χ1v) is 7.39. The molecule has 15 heavy (non-hydrogen) atoms. The van der Waals surface area contributed by atoms with E-state index in [1.54, 1.807) is 0 Å². The Morgan fingerprint density at radius 2 is 1.73 bits per heavy atom. The van der Waals surface area contributed by atoms with Gasteiger partial charge in [-0.3, -0.25) is 4.79 Å². The van der Waals surface area contributed by atoms with Gasteiger partial charge in [-0.2, -0.15) is 0 Å². The van der Waals surface area contributed by atoms with Crippen molar-refractivity contribution in [1.82, 2.24) is 0 Å². The number of carbonyl (C=O) groups excluding carboxylic acids is 1. The molecule has 0 aliphatic rings. The van der Waals surface area contributed by atoms with Gasteiger partial charge in [0.15, 0.2) is 5.75 Å². The van der Waals surface area contributed by atoms with E-state index in [9.17, 15) is 4.79 Å². The number of hydrogen-bond acceptors (Lipinski definition) is 1. The van der Waals surface area contributed by atoms with E-state index in [0.717, 1.165) is 5.56 Å². The highest BCUT2D eigenvalue weighted by Crippen LogP contribution is 2.15. The normalized spacial score (nSPS) is 11.1. The smallest absolute Gasteiger partial charge is 0.211 e. The lowest BCUT2D eigenvalue weighted by molar-refractivity contribution is 0.102. The predicted molar refractivity (Wildman–Crippen MR) is 68.9 cm³/mol. The minimum absolute atomic E-state index is 0.190. The average molecular weight is 223 g/mol. The molecule has 0 saturated heterocycles. The van der Waals surface area contributed by atoms with Crippen LogP contribution in [-0.4, -0.2) is 24.0 Å². The summed E-state index contributed by atoms with van der Waals surface area (Å²) >= 11 is 0. The first kappa shape index (κ1) is 12.3. The highest BCUT2D eigenvalue weighted by atomic mass is 32.2. The Morgan fingerprint density at radius 1 is 1.20 bits per heavy atom. The van der Waals surface area contributed by atoms with Crippen LogP contribution in [-0.2, 0) is 10.9 Å². The molecule has 0 N–H and O–H groups in total. The fraction of sp³-hybridized carbons (Fsp3) is 0.462. The molecule has 1 aromatic carbocycles. The number of carbonyl (C=O) groups is 1. The van der Waals surface area contributed by atoms with E-state index in [2.05, 4.69) is 38.5 Å². The molecule has 0 radical (unpaired) electrons. The molecule has 0 spiro atoms. The third-order valence-corrected chi connectivity index (χ3v) is 3.16. The summed E-state index contributed by atoms with van der Waals surface area (Å²) in [5, 5.41) is 0. The number of hydrogen-bond donors (Lipinski definition) is 0. The summed E-state index contributed by atoms with van der Waals surface area (Å²) in [7, 11) is 0.190. The van der Waals surface area contributed by atoms with Gasteiger partial charge in [0.05, 0.1) is 12.5 Å². The van der Waals surface area contributed by atoms with Crippen molar-refractivity contribution in [2.24, 2.45) is 0 Å². The second kappa shape index (κ2) is 5.36. The summed E-state index contributed by atoms with van der Waals surface area (Å²) in [4.78, 5) is 11.7. The first-order valence-electron chi connectivity index (χ1n) is 5.18. The second-order valence-electron chi connectivity index (χ2n) is 4.33. The lowest BCUT2D eigenvalue weighted by atomic mass is 10.0. The zero-order valence-corrected chi connectivity index (χ0v) is 10.7. The molecule has 0 unspecified atom stereocenters. The van der Waals surface area contributed by atoms with E-state index < -0.39 is 0 Å². The molecular weight excluding hydrogens is 204 g/mol. The lowest BCUT2D eigenvalue weighted by Gasteiger charge is -2.05. The minimum atomic E-state index is 0.190. The highest BCUT2D eigenvalue weighted by Gasteiger charge is 2.13. The number of ketones is 1. The summed E-state index contributed by atoms with van der Waals surface area (Å²) in [5.41, 5.74) is 2.14. The predicted octanol–water partition coefficient (Wildman–Crippen LogP) is 2.87. The first-order chi connectivity index (χ1) is 7.00. The molecule has 1 rings (SSSR count). The van der Waals surface area contributed by atoms with Crippen LogP contribution >= 0.6 is 0 Å². The zero-order chi connectivity index (χ0) is 11.4. The molecule has 0 fully saturated rings. The molecule has 0 amide bonds. The maximum atomic E-state index is 11.7. The molecule has 0 atom stereocenters. The van der Waals surface area contributed by atoms with E-state index in [1.807, 2.05) is 12.1 Å². The molecule has 0 heterocycles. The van der Waals surface area contributed by atoms with Gasteiger partial charge in [-0.25, -0.2) is 0 Å².